The predicted octanol–water partition coefficient (Wildman–Crippen LogP) is 3.23. The van der Waals surface area contributed by atoms with Gasteiger partial charge in [0, 0.05) is 35.4 Å². The number of H-pyrrole nitrogens is 1. The molecule has 0 amide bonds. The van der Waals surface area contributed by atoms with Gasteiger partial charge < -0.3 is 20.1 Å². The summed E-state index contributed by atoms with van der Waals surface area (Å²) in [4.78, 5) is 3.59. The monoisotopic (exact) mass is 430 g/mol. The molecule has 1 heterocycles. The maximum atomic E-state index is 11.7. The van der Waals surface area contributed by atoms with Crippen molar-refractivity contribution in [3.05, 3.63) is 59.8 Å². The van der Waals surface area contributed by atoms with Crippen molar-refractivity contribution in [2.75, 3.05) is 19.4 Å². The molecule has 0 aliphatic carbocycles. The summed E-state index contributed by atoms with van der Waals surface area (Å²) in [6.07, 6.45) is 3.35. The summed E-state index contributed by atoms with van der Waals surface area (Å²) in [7, 11) is -3.26. The number of sulfone groups is 1. The number of hydrogen-bond acceptors (Lipinski definition) is 5. The van der Waals surface area contributed by atoms with E-state index in [-0.39, 0.29) is 17.0 Å². The molecule has 0 radical (unpaired) electrons. The van der Waals surface area contributed by atoms with Crippen molar-refractivity contribution >= 4 is 20.7 Å². The molecule has 1 unspecified atom stereocenters. The van der Waals surface area contributed by atoms with Crippen LogP contribution in [0.3, 0.4) is 0 Å². The number of aromatic amines is 1. The van der Waals surface area contributed by atoms with Gasteiger partial charge in [-0.25, -0.2) is 8.42 Å². The average Bonchev–Trinajstić information content (AvgIpc) is 3.06. The Bertz CT molecular complexity index is 1120. The summed E-state index contributed by atoms with van der Waals surface area (Å²) < 4.78 is 29.1. The van der Waals surface area contributed by atoms with Gasteiger partial charge in [-0.05, 0) is 62.6 Å². The maximum absolute atomic E-state index is 11.7. The summed E-state index contributed by atoms with van der Waals surface area (Å²) in [5.74, 6) is 0.539. The van der Waals surface area contributed by atoms with Crippen molar-refractivity contribution in [2.45, 2.75) is 43.7 Å². The third-order valence-corrected chi connectivity index (χ3v) is 6.37. The van der Waals surface area contributed by atoms with Crippen LogP contribution in [0, 0.1) is 6.92 Å². The highest BCUT2D eigenvalue weighted by molar-refractivity contribution is 7.90. The fourth-order valence-corrected chi connectivity index (χ4v) is 4.55. The Hall–Kier alpha value is -2.35. The van der Waals surface area contributed by atoms with Crippen molar-refractivity contribution in [2.24, 2.45) is 0 Å². The highest BCUT2D eigenvalue weighted by atomic mass is 32.2. The van der Waals surface area contributed by atoms with Gasteiger partial charge in [0.25, 0.3) is 0 Å². The van der Waals surface area contributed by atoms with Crippen LogP contribution < -0.4 is 10.1 Å². The zero-order chi connectivity index (χ0) is 21.9. The van der Waals surface area contributed by atoms with Gasteiger partial charge in [-0.15, -0.1) is 0 Å². The largest absolute Gasteiger partial charge is 0.491 e. The summed E-state index contributed by atoms with van der Waals surface area (Å²) >= 11 is 0. The summed E-state index contributed by atoms with van der Waals surface area (Å²) in [5, 5.41) is 15.0. The molecule has 0 aliphatic heterocycles. The number of aromatic nitrogens is 1. The molecule has 162 valence electrons. The van der Waals surface area contributed by atoms with E-state index in [0.29, 0.717) is 17.9 Å². The average molecular weight is 431 g/mol. The van der Waals surface area contributed by atoms with E-state index in [2.05, 4.69) is 36.3 Å². The van der Waals surface area contributed by atoms with Gasteiger partial charge >= 0.3 is 0 Å². The molecule has 6 nitrogen and oxygen atoms in total. The second-order valence-corrected chi connectivity index (χ2v) is 10.4. The SMILES string of the molecule is Cc1cc(OCC(O)CNC(C)(C)Cc2c[nH]c3ccccc23)ccc1S(C)(=O)=O. The molecular formula is C23H30N2O4S. The van der Waals surface area contributed by atoms with E-state index in [4.69, 9.17) is 4.74 Å². The number of aryl methyl sites for hydroxylation is 1. The van der Waals surface area contributed by atoms with Crippen molar-refractivity contribution in [1.29, 1.82) is 0 Å². The molecule has 0 bridgehead atoms. The number of aliphatic hydroxyl groups is 1. The molecule has 0 fully saturated rings. The number of benzene rings is 2. The molecule has 3 aromatic rings. The lowest BCUT2D eigenvalue weighted by atomic mass is 9.94. The Morgan fingerprint density at radius 3 is 2.63 bits per heavy atom. The van der Waals surface area contributed by atoms with Gasteiger partial charge in [-0.3, -0.25) is 0 Å². The number of β-amino-alcohol motifs (C(OH)–C–C–N with tert-alkyl or cyclic N) is 1. The second-order valence-electron chi connectivity index (χ2n) is 8.47. The first-order valence-corrected chi connectivity index (χ1v) is 11.9. The standard InChI is InChI=1S/C23H30N2O4S/c1-16-11-19(9-10-22(16)30(4,27)28)29-15-18(26)14-25-23(2,3)12-17-13-24-21-8-6-5-7-20(17)21/h5-11,13,18,24-26H,12,14-15H2,1-4H3. The fraction of sp³-hybridized carbons (Fsp3) is 0.391. The van der Waals surface area contributed by atoms with E-state index in [1.807, 2.05) is 18.3 Å². The Labute approximate surface area is 178 Å². The minimum atomic E-state index is -3.26. The van der Waals surface area contributed by atoms with E-state index in [1.54, 1.807) is 19.1 Å². The van der Waals surface area contributed by atoms with Crippen LogP contribution in [0.2, 0.25) is 0 Å². The Morgan fingerprint density at radius 2 is 1.93 bits per heavy atom. The van der Waals surface area contributed by atoms with Crippen molar-refractivity contribution in [3.63, 3.8) is 0 Å². The summed E-state index contributed by atoms with van der Waals surface area (Å²) in [6.45, 7) is 6.45. The number of aliphatic hydroxyl groups excluding tert-OH is 1. The summed E-state index contributed by atoms with van der Waals surface area (Å²) in [6, 6.07) is 13.0. The number of hydrogen-bond donors (Lipinski definition) is 3. The number of fused-ring (bicyclic) bond motifs is 1. The fourth-order valence-electron chi connectivity index (χ4n) is 3.59. The lowest BCUT2D eigenvalue weighted by molar-refractivity contribution is 0.0988. The van der Waals surface area contributed by atoms with Gasteiger partial charge in [-0.1, -0.05) is 18.2 Å². The molecule has 0 saturated carbocycles. The van der Waals surface area contributed by atoms with Crippen molar-refractivity contribution in [3.8, 4) is 5.75 Å². The van der Waals surface area contributed by atoms with Crippen LogP contribution in [-0.2, 0) is 16.3 Å². The Balaban J connectivity index is 1.52. The second kappa shape index (κ2) is 8.79. The Morgan fingerprint density at radius 1 is 1.20 bits per heavy atom. The lowest BCUT2D eigenvalue weighted by Gasteiger charge is -2.28. The van der Waals surface area contributed by atoms with Crippen LogP contribution in [0.5, 0.6) is 5.75 Å². The highest BCUT2D eigenvalue weighted by Crippen LogP contribution is 2.23. The molecule has 3 N–H and O–H groups in total. The number of para-hydroxylation sites is 1. The normalized spacial score (nSPS) is 13.5. The molecule has 30 heavy (non-hydrogen) atoms. The number of ether oxygens (including phenoxy) is 1. The number of nitrogens with one attached hydrogen (secondary N) is 2. The van der Waals surface area contributed by atoms with Crippen LogP contribution in [0.15, 0.2) is 53.6 Å². The van der Waals surface area contributed by atoms with Crippen LogP contribution in [0.4, 0.5) is 0 Å². The van der Waals surface area contributed by atoms with E-state index in [9.17, 15) is 13.5 Å². The molecule has 2 aromatic carbocycles. The van der Waals surface area contributed by atoms with Crippen LogP contribution >= 0.6 is 0 Å². The van der Waals surface area contributed by atoms with Gasteiger partial charge in [0.2, 0.25) is 0 Å². The van der Waals surface area contributed by atoms with Crippen LogP contribution in [0.25, 0.3) is 10.9 Å². The van der Waals surface area contributed by atoms with Crippen molar-refractivity contribution < 1.29 is 18.3 Å². The lowest BCUT2D eigenvalue weighted by Crippen LogP contribution is -2.46. The summed E-state index contributed by atoms with van der Waals surface area (Å²) in [5.41, 5.74) is 2.77. The van der Waals surface area contributed by atoms with Gasteiger partial charge in [0.1, 0.15) is 18.5 Å². The van der Waals surface area contributed by atoms with E-state index >= 15 is 0 Å². The number of rotatable bonds is 9. The Kier molecular flexibility index (Phi) is 6.55. The van der Waals surface area contributed by atoms with Gasteiger partial charge in [0.05, 0.1) is 4.90 Å². The first-order chi connectivity index (χ1) is 14.0. The topological polar surface area (TPSA) is 91.4 Å². The van der Waals surface area contributed by atoms with E-state index < -0.39 is 15.9 Å². The first-order valence-electron chi connectivity index (χ1n) is 9.97. The first kappa shape index (κ1) is 22.3. The van der Waals surface area contributed by atoms with E-state index in [1.165, 1.54) is 23.3 Å². The zero-order valence-electron chi connectivity index (χ0n) is 17.9. The molecule has 7 heteroatoms. The molecule has 0 spiro atoms. The van der Waals surface area contributed by atoms with Crippen molar-refractivity contribution in [1.82, 2.24) is 10.3 Å². The maximum Gasteiger partial charge on any atom is 0.175 e. The molecule has 1 aromatic heterocycles. The van der Waals surface area contributed by atoms with Crippen LogP contribution in [-0.4, -0.2) is 49.6 Å². The van der Waals surface area contributed by atoms with Gasteiger partial charge in [-0.2, -0.15) is 0 Å². The van der Waals surface area contributed by atoms with Crippen LogP contribution in [0.1, 0.15) is 25.0 Å². The molecule has 0 aliphatic rings. The predicted molar refractivity (Wildman–Crippen MR) is 120 cm³/mol. The minimum Gasteiger partial charge on any atom is -0.491 e. The highest BCUT2D eigenvalue weighted by Gasteiger charge is 2.21. The quantitative estimate of drug-likeness (QED) is 0.485. The van der Waals surface area contributed by atoms with Gasteiger partial charge in [0.15, 0.2) is 9.84 Å². The molecular weight excluding hydrogens is 400 g/mol. The zero-order valence-corrected chi connectivity index (χ0v) is 18.7. The third-order valence-electron chi connectivity index (χ3n) is 5.11. The third kappa shape index (κ3) is 5.62. The molecule has 1 atom stereocenters. The van der Waals surface area contributed by atoms with E-state index in [0.717, 1.165) is 11.9 Å². The molecule has 3 rings (SSSR count). The molecule has 0 saturated heterocycles. The smallest absolute Gasteiger partial charge is 0.175 e. The minimum absolute atomic E-state index is 0.119.